The van der Waals surface area contributed by atoms with Crippen LogP contribution in [0.25, 0.3) is 120 Å². The summed E-state index contributed by atoms with van der Waals surface area (Å²) in [6.07, 6.45) is 0. The Morgan fingerprint density at radius 2 is 0.781 bits per heavy atom. The van der Waals surface area contributed by atoms with Gasteiger partial charge < -0.3 is 4.42 Å². The molecule has 0 saturated carbocycles. The number of fused-ring (bicyclic) bond motifs is 20. The molecule has 0 amide bonds. The van der Waals surface area contributed by atoms with Gasteiger partial charge in [0.15, 0.2) is 0 Å². The maximum Gasteiger partial charge on any atom is 0.136 e. The van der Waals surface area contributed by atoms with Crippen molar-refractivity contribution in [1.29, 1.82) is 0 Å². The summed E-state index contributed by atoms with van der Waals surface area (Å²) in [5.41, 5.74) is 17.0. The van der Waals surface area contributed by atoms with Crippen molar-refractivity contribution in [2.24, 2.45) is 0 Å². The molecule has 0 fully saturated rings. The van der Waals surface area contributed by atoms with E-state index in [2.05, 4.69) is 218 Å². The van der Waals surface area contributed by atoms with Crippen LogP contribution in [0.2, 0.25) is 0 Å². The third-order valence-corrected chi connectivity index (χ3v) is 14.8. The van der Waals surface area contributed by atoms with Crippen molar-refractivity contribution in [2.45, 2.75) is 5.41 Å². The Morgan fingerprint density at radius 1 is 0.266 bits per heavy atom. The lowest BCUT2D eigenvalue weighted by molar-refractivity contribution is 0.669. The molecular formula is C63H36O. The first kappa shape index (κ1) is 34.3. The molecule has 1 heteroatoms. The van der Waals surface area contributed by atoms with Crippen molar-refractivity contribution in [3.05, 3.63) is 241 Å². The predicted molar refractivity (Wildman–Crippen MR) is 268 cm³/mol. The lowest BCUT2D eigenvalue weighted by Crippen LogP contribution is -2.26. The van der Waals surface area contributed by atoms with E-state index in [0.717, 1.165) is 21.9 Å². The van der Waals surface area contributed by atoms with Gasteiger partial charge >= 0.3 is 0 Å². The van der Waals surface area contributed by atoms with Gasteiger partial charge in [-0.25, -0.2) is 0 Å². The molecular weight excluding hydrogens is 773 g/mol. The first-order valence-corrected chi connectivity index (χ1v) is 22.3. The SMILES string of the molecule is c1ccc2c(c1)-c1ccccc1C21c2cc(-c3c4ccccc4c(-c4ccc5oc6cc7ccccc7cc6c5c4)c4ccccc34)c3ccccc3c2-c2ccc3ccccc3c21. The summed E-state index contributed by atoms with van der Waals surface area (Å²) in [5, 5.41) is 14.8. The second-order valence-electron chi connectivity index (χ2n) is 17.8. The van der Waals surface area contributed by atoms with Gasteiger partial charge in [-0.2, -0.15) is 0 Å². The highest BCUT2D eigenvalue weighted by molar-refractivity contribution is 6.26. The van der Waals surface area contributed by atoms with E-state index in [4.69, 9.17) is 4.42 Å². The maximum atomic E-state index is 6.51. The molecule has 0 bridgehead atoms. The maximum absolute atomic E-state index is 6.51. The van der Waals surface area contributed by atoms with E-state index < -0.39 is 5.41 Å². The zero-order chi connectivity index (χ0) is 41.7. The molecule has 64 heavy (non-hydrogen) atoms. The molecule has 1 aromatic heterocycles. The minimum absolute atomic E-state index is 0.517. The van der Waals surface area contributed by atoms with Crippen LogP contribution in [-0.2, 0) is 5.41 Å². The lowest BCUT2D eigenvalue weighted by atomic mass is 9.68. The molecule has 1 heterocycles. The summed E-state index contributed by atoms with van der Waals surface area (Å²) >= 11 is 0. The predicted octanol–water partition coefficient (Wildman–Crippen LogP) is 17.0. The Hall–Kier alpha value is -8.26. The molecule has 1 spiro atoms. The van der Waals surface area contributed by atoms with E-state index >= 15 is 0 Å². The summed E-state index contributed by atoms with van der Waals surface area (Å²) < 4.78 is 6.51. The van der Waals surface area contributed by atoms with Gasteiger partial charge in [-0.3, -0.25) is 0 Å². The van der Waals surface area contributed by atoms with Gasteiger partial charge in [0.1, 0.15) is 11.2 Å². The summed E-state index contributed by atoms with van der Waals surface area (Å²) in [6, 6.07) is 81.8. The Labute approximate surface area is 369 Å². The van der Waals surface area contributed by atoms with Gasteiger partial charge in [-0.15, -0.1) is 0 Å². The van der Waals surface area contributed by atoms with Gasteiger partial charge in [0.2, 0.25) is 0 Å². The van der Waals surface area contributed by atoms with Crippen LogP contribution >= 0.6 is 0 Å². The molecule has 12 aromatic carbocycles. The number of hydrogen-bond donors (Lipinski definition) is 0. The fraction of sp³-hybridized carbons (Fsp3) is 0.0159. The van der Waals surface area contributed by atoms with Crippen LogP contribution in [0.1, 0.15) is 22.3 Å². The summed E-state index contributed by atoms with van der Waals surface area (Å²) in [7, 11) is 0. The van der Waals surface area contributed by atoms with Crippen LogP contribution in [0.5, 0.6) is 0 Å². The summed E-state index contributed by atoms with van der Waals surface area (Å²) in [6.45, 7) is 0. The van der Waals surface area contributed by atoms with Crippen LogP contribution in [-0.4, -0.2) is 0 Å². The number of benzene rings is 12. The highest BCUT2D eigenvalue weighted by atomic mass is 16.3. The zero-order valence-electron chi connectivity index (χ0n) is 34.7. The van der Waals surface area contributed by atoms with Crippen molar-refractivity contribution in [3.63, 3.8) is 0 Å². The van der Waals surface area contributed by atoms with Gasteiger partial charge in [0.05, 0.1) is 5.41 Å². The van der Waals surface area contributed by atoms with Crippen LogP contribution in [0.3, 0.4) is 0 Å². The van der Waals surface area contributed by atoms with E-state index in [1.165, 1.54) is 121 Å². The Bertz CT molecular complexity index is 4100. The first-order chi connectivity index (χ1) is 31.8. The Balaban J connectivity index is 1.07. The largest absolute Gasteiger partial charge is 0.456 e. The molecule has 13 aromatic rings. The highest BCUT2D eigenvalue weighted by Gasteiger charge is 2.53. The standard InChI is InChI=1S/C63H36O/c1-2-17-39-35-58-52(33-38(39)16-1)51-34-40(30-32-57(51)64-58)59-46-23-7-9-25-48(46)60(49-26-10-8-24-47(49)59)53-36-56-61(45-22-6-5-19-42(45)53)50-31-29-37-15-3-4-18-41(37)62(50)63(56)54-27-13-11-20-43(54)44-21-12-14-28-55(44)63/h1-36H. The monoisotopic (exact) mass is 808 g/mol. The first-order valence-electron chi connectivity index (χ1n) is 22.3. The minimum Gasteiger partial charge on any atom is -0.456 e. The minimum atomic E-state index is -0.517. The van der Waals surface area contributed by atoms with E-state index in [0.29, 0.717) is 0 Å². The zero-order valence-corrected chi connectivity index (χ0v) is 34.7. The second-order valence-corrected chi connectivity index (χ2v) is 17.8. The van der Waals surface area contributed by atoms with Crippen LogP contribution in [0.4, 0.5) is 0 Å². The van der Waals surface area contributed by atoms with E-state index in [9.17, 15) is 0 Å². The molecule has 0 aliphatic heterocycles. The van der Waals surface area contributed by atoms with Crippen molar-refractivity contribution in [1.82, 2.24) is 0 Å². The van der Waals surface area contributed by atoms with Crippen molar-refractivity contribution >= 4 is 75.8 Å². The summed E-state index contributed by atoms with van der Waals surface area (Å²) in [5.74, 6) is 0. The second kappa shape index (κ2) is 12.4. The average Bonchev–Trinajstić information content (AvgIpc) is 3.98. The lowest BCUT2D eigenvalue weighted by Gasteiger charge is -2.32. The topological polar surface area (TPSA) is 13.1 Å². The fourth-order valence-electron chi connectivity index (χ4n) is 12.3. The number of hydrogen-bond acceptors (Lipinski definition) is 1. The average molecular weight is 809 g/mol. The molecule has 0 atom stereocenters. The fourth-order valence-corrected chi connectivity index (χ4v) is 12.3. The molecule has 0 saturated heterocycles. The van der Waals surface area contributed by atoms with Crippen molar-refractivity contribution < 1.29 is 4.42 Å². The Morgan fingerprint density at radius 3 is 1.45 bits per heavy atom. The Kier molecular flexibility index (Phi) is 6.67. The molecule has 2 aliphatic carbocycles. The quantitative estimate of drug-likeness (QED) is 0.159. The molecule has 15 rings (SSSR count). The normalized spacial score (nSPS) is 13.4. The van der Waals surface area contributed by atoms with Gasteiger partial charge in [-0.1, -0.05) is 188 Å². The smallest absolute Gasteiger partial charge is 0.136 e. The van der Waals surface area contributed by atoms with Crippen LogP contribution in [0, 0.1) is 0 Å². The third-order valence-electron chi connectivity index (χ3n) is 14.8. The third kappa shape index (κ3) is 4.29. The van der Waals surface area contributed by atoms with Crippen LogP contribution in [0.15, 0.2) is 223 Å². The van der Waals surface area contributed by atoms with E-state index in [1.54, 1.807) is 0 Å². The number of rotatable bonds is 2. The molecule has 294 valence electrons. The van der Waals surface area contributed by atoms with Crippen molar-refractivity contribution in [2.75, 3.05) is 0 Å². The van der Waals surface area contributed by atoms with E-state index in [-0.39, 0.29) is 0 Å². The van der Waals surface area contributed by atoms with Gasteiger partial charge in [0, 0.05) is 10.8 Å². The highest BCUT2D eigenvalue weighted by Crippen LogP contribution is 2.66. The van der Waals surface area contributed by atoms with E-state index in [1.807, 2.05) is 0 Å². The molecule has 1 nitrogen and oxygen atoms in total. The summed E-state index contributed by atoms with van der Waals surface area (Å²) in [4.78, 5) is 0. The van der Waals surface area contributed by atoms with Gasteiger partial charge in [-0.05, 0) is 151 Å². The molecule has 0 radical (unpaired) electrons. The number of furan rings is 1. The molecule has 2 aliphatic rings. The molecule has 0 N–H and O–H groups in total. The van der Waals surface area contributed by atoms with Gasteiger partial charge in [0.25, 0.3) is 0 Å². The van der Waals surface area contributed by atoms with Crippen LogP contribution < -0.4 is 0 Å². The van der Waals surface area contributed by atoms with Crippen molar-refractivity contribution in [3.8, 4) is 44.5 Å². The molecule has 0 unspecified atom stereocenters.